The first kappa shape index (κ1) is 36.4. The minimum absolute atomic E-state index is 0.0526. The molecule has 0 aliphatic heterocycles. The Morgan fingerprint density at radius 1 is 0.881 bits per heavy atom. The molecule has 4 unspecified atom stereocenters. The second-order valence-corrected chi connectivity index (χ2v) is 14.1. The molecule has 42 heavy (non-hydrogen) atoms. The number of esters is 2. The maximum Gasteiger partial charge on any atom is 0.417 e. The Kier molecular flexibility index (Phi) is 12.4. The molecule has 2 aliphatic rings. The van der Waals surface area contributed by atoms with Gasteiger partial charge in [0.05, 0.1) is 16.7 Å². The van der Waals surface area contributed by atoms with Crippen LogP contribution in [0.4, 0.5) is 13.2 Å². The van der Waals surface area contributed by atoms with Gasteiger partial charge in [-0.25, -0.2) is 0 Å². The predicted molar refractivity (Wildman–Crippen MR) is 152 cm³/mol. The lowest BCUT2D eigenvalue weighted by atomic mass is 9.69. The Labute approximate surface area is 249 Å². The molecule has 10 heteroatoms. The van der Waals surface area contributed by atoms with E-state index in [4.69, 9.17) is 9.47 Å². The van der Waals surface area contributed by atoms with E-state index in [9.17, 15) is 37.8 Å². The molecule has 0 radical (unpaired) electrons. The number of ether oxygens (including phenoxy) is 2. The van der Waals surface area contributed by atoms with Crippen molar-refractivity contribution in [1.29, 1.82) is 0 Å². The van der Waals surface area contributed by atoms with Gasteiger partial charge in [0.1, 0.15) is 11.7 Å². The van der Waals surface area contributed by atoms with Crippen LogP contribution < -0.4 is 0 Å². The number of rotatable bonds is 14. The van der Waals surface area contributed by atoms with Gasteiger partial charge in [0.2, 0.25) is 0 Å². The van der Waals surface area contributed by atoms with Crippen molar-refractivity contribution in [3.63, 3.8) is 0 Å². The monoisotopic (exact) mass is 606 g/mol. The van der Waals surface area contributed by atoms with E-state index in [0.717, 1.165) is 51.4 Å². The zero-order chi connectivity index (χ0) is 32.0. The molecule has 244 valence electrons. The van der Waals surface area contributed by atoms with Gasteiger partial charge >= 0.3 is 24.1 Å². The smallest absolute Gasteiger partial charge is 0.417 e. The van der Waals surface area contributed by atoms with Gasteiger partial charge in [0, 0.05) is 6.42 Å². The van der Waals surface area contributed by atoms with Crippen LogP contribution in [-0.4, -0.2) is 51.6 Å². The normalized spacial score (nSPS) is 22.7. The van der Waals surface area contributed by atoms with Gasteiger partial charge in [0.25, 0.3) is 0 Å². The first-order valence-corrected chi connectivity index (χ1v) is 15.8. The zero-order valence-corrected chi connectivity index (χ0v) is 26.4. The number of halogens is 3. The average Bonchev–Trinajstić information content (AvgIpc) is 3.17. The molecule has 7 nitrogen and oxygen atoms in total. The Bertz CT molecular complexity index is 916. The van der Waals surface area contributed by atoms with E-state index >= 15 is 0 Å². The maximum absolute atomic E-state index is 13.8. The quantitative estimate of drug-likeness (QED) is 0.154. The molecule has 2 N–H and O–H groups in total. The number of aliphatic carboxylic acids is 1. The van der Waals surface area contributed by atoms with Crippen molar-refractivity contribution in [3.8, 4) is 0 Å². The summed E-state index contributed by atoms with van der Waals surface area (Å²) in [5.74, 6) is -3.57. The highest BCUT2D eigenvalue weighted by atomic mass is 19.4. The first-order valence-electron chi connectivity index (χ1n) is 15.8. The lowest BCUT2D eigenvalue weighted by Gasteiger charge is -2.40. The average molecular weight is 607 g/mol. The molecule has 0 spiro atoms. The summed E-state index contributed by atoms with van der Waals surface area (Å²) < 4.78 is 53.0. The Balaban J connectivity index is 2.37. The lowest BCUT2D eigenvalue weighted by molar-refractivity contribution is -0.264. The van der Waals surface area contributed by atoms with E-state index in [-0.39, 0.29) is 25.2 Å². The topological polar surface area (TPSA) is 110 Å². The van der Waals surface area contributed by atoms with Crippen molar-refractivity contribution in [3.05, 3.63) is 0 Å². The van der Waals surface area contributed by atoms with E-state index in [1.165, 1.54) is 0 Å². The summed E-state index contributed by atoms with van der Waals surface area (Å²) >= 11 is 0. The Hall–Kier alpha value is -1.84. The van der Waals surface area contributed by atoms with Crippen LogP contribution in [0.3, 0.4) is 0 Å². The molecule has 2 aliphatic carbocycles. The largest absolute Gasteiger partial charge is 0.481 e. The fraction of sp³-hybridized carbons (Fsp3) is 0.906. The van der Waals surface area contributed by atoms with Gasteiger partial charge in [0.15, 0.2) is 5.60 Å². The molecule has 0 amide bonds. The molecule has 0 aromatic heterocycles. The van der Waals surface area contributed by atoms with Crippen LogP contribution in [0.25, 0.3) is 0 Å². The summed E-state index contributed by atoms with van der Waals surface area (Å²) in [4.78, 5) is 39.6. The molecule has 2 rings (SSSR count). The van der Waals surface area contributed by atoms with Gasteiger partial charge in [-0.2, -0.15) is 13.2 Å². The third kappa shape index (κ3) is 9.33. The third-order valence-corrected chi connectivity index (χ3v) is 9.78. The highest BCUT2D eigenvalue weighted by Gasteiger charge is 2.53. The minimum Gasteiger partial charge on any atom is -0.481 e. The van der Waals surface area contributed by atoms with E-state index in [1.807, 2.05) is 6.92 Å². The number of carboxylic acids is 1. The molecule has 0 aromatic rings. The van der Waals surface area contributed by atoms with Crippen LogP contribution in [-0.2, 0) is 23.9 Å². The standard InChI is InChI=1S/C32H53F3O7/c1-7-22(25(36)37)19-29(5,27(39)42-31(8-2)17-13-14-18-31)21-28(3,4)26(38)41-24(20-30(6,40)32(33,34)35)23-15-11-9-10-12-16-23/h22-24,40H,7-21H2,1-6H3,(H,36,37). The van der Waals surface area contributed by atoms with Crippen LogP contribution >= 0.6 is 0 Å². The summed E-state index contributed by atoms with van der Waals surface area (Å²) in [6.45, 7) is 9.13. The van der Waals surface area contributed by atoms with E-state index in [1.54, 1.807) is 27.7 Å². The van der Waals surface area contributed by atoms with Crippen LogP contribution in [0.15, 0.2) is 0 Å². The van der Waals surface area contributed by atoms with Crippen LogP contribution in [0, 0.1) is 22.7 Å². The Morgan fingerprint density at radius 3 is 1.88 bits per heavy atom. The van der Waals surface area contributed by atoms with Crippen LogP contribution in [0.1, 0.15) is 138 Å². The highest BCUT2D eigenvalue weighted by molar-refractivity contribution is 5.81. The molecule has 0 saturated heterocycles. The van der Waals surface area contributed by atoms with Gasteiger partial charge in [-0.05, 0) is 97.8 Å². The number of carbonyl (C=O) groups is 3. The number of aliphatic hydroxyl groups is 1. The van der Waals surface area contributed by atoms with Gasteiger partial charge in [-0.1, -0.05) is 39.5 Å². The summed E-state index contributed by atoms with van der Waals surface area (Å²) in [7, 11) is 0. The molecule has 2 fully saturated rings. The van der Waals surface area contributed by atoms with Gasteiger partial charge in [-0.3, -0.25) is 14.4 Å². The summed E-state index contributed by atoms with van der Waals surface area (Å²) in [6, 6.07) is 0. The molecule has 0 heterocycles. The second-order valence-electron chi connectivity index (χ2n) is 14.1. The predicted octanol–water partition coefficient (Wildman–Crippen LogP) is 7.76. The van der Waals surface area contributed by atoms with Crippen molar-refractivity contribution in [2.75, 3.05) is 0 Å². The van der Waals surface area contributed by atoms with E-state index in [0.29, 0.717) is 26.2 Å². The van der Waals surface area contributed by atoms with Gasteiger partial charge in [-0.15, -0.1) is 0 Å². The third-order valence-electron chi connectivity index (χ3n) is 9.78. The molecule has 2 saturated carbocycles. The van der Waals surface area contributed by atoms with Crippen molar-refractivity contribution in [2.45, 2.75) is 161 Å². The Morgan fingerprint density at radius 2 is 1.43 bits per heavy atom. The lowest BCUT2D eigenvalue weighted by Crippen LogP contribution is -2.48. The van der Waals surface area contributed by atoms with Crippen molar-refractivity contribution < 1.29 is 47.2 Å². The molecule has 0 aromatic carbocycles. The molecule has 4 atom stereocenters. The number of hydrogen-bond acceptors (Lipinski definition) is 6. The fourth-order valence-electron chi connectivity index (χ4n) is 6.88. The van der Waals surface area contributed by atoms with E-state index < -0.39 is 64.6 Å². The van der Waals surface area contributed by atoms with Crippen molar-refractivity contribution in [1.82, 2.24) is 0 Å². The number of carbonyl (C=O) groups excluding carboxylic acids is 2. The summed E-state index contributed by atoms with van der Waals surface area (Å²) in [5.41, 5.74) is -6.38. The van der Waals surface area contributed by atoms with Crippen molar-refractivity contribution in [2.24, 2.45) is 22.7 Å². The van der Waals surface area contributed by atoms with E-state index in [2.05, 4.69) is 0 Å². The number of alkyl halides is 3. The second kappa shape index (κ2) is 14.3. The number of carboxylic acid groups (broad SMARTS) is 1. The number of hydrogen-bond donors (Lipinski definition) is 2. The maximum atomic E-state index is 13.8. The van der Waals surface area contributed by atoms with Gasteiger partial charge < -0.3 is 19.7 Å². The van der Waals surface area contributed by atoms with Crippen LogP contribution in [0.2, 0.25) is 0 Å². The fourth-order valence-corrected chi connectivity index (χ4v) is 6.88. The van der Waals surface area contributed by atoms with Crippen LogP contribution in [0.5, 0.6) is 0 Å². The zero-order valence-electron chi connectivity index (χ0n) is 26.4. The summed E-state index contributed by atoms with van der Waals surface area (Å²) in [5, 5.41) is 20.1. The molecular weight excluding hydrogens is 553 g/mol. The minimum atomic E-state index is -4.90. The SMILES string of the molecule is CCC(CC(C)(CC(C)(C)C(=O)OC(CC(C)(O)C(F)(F)F)C1CCCCCC1)C(=O)OC1(CC)CCCC1)C(=O)O. The molecule has 0 bridgehead atoms. The van der Waals surface area contributed by atoms with Crippen molar-refractivity contribution >= 4 is 17.9 Å². The highest BCUT2D eigenvalue weighted by Crippen LogP contribution is 2.46. The molecular formula is C32H53F3O7. The first-order chi connectivity index (χ1) is 19.3. The summed E-state index contributed by atoms with van der Waals surface area (Å²) in [6.07, 6.45) is 1.85.